The molecule has 0 saturated heterocycles. The van der Waals surface area contributed by atoms with Crippen LogP contribution in [-0.2, 0) is 0 Å². The lowest BCUT2D eigenvalue weighted by molar-refractivity contribution is 0.668. The second-order valence-corrected chi connectivity index (χ2v) is 25.7. The van der Waals surface area contributed by atoms with E-state index in [9.17, 15) is 0 Å². The zero-order chi connectivity index (χ0) is 66.9. The number of hydrogen-bond acceptors (Lipinski definition) is 8. The summed E-state index contributed by atoms with van der Waals surface area (Å²) in [6, 6.07) is 113. The lowest BCUT2D eigenvalue weighted by Gasteiger charge is -2.12. The summed E-state index contributed by atoms with van der Waals surface area (Å²) < 4.78 is 21.5. The fourth-order valence-corrected chi connectivity index (χ4v) is 15.4. The standard InChI is InChI=1S/2C45H27N5O/c1-3-14-28(15-4-1)43-46-44(33-21-13-25-41-42(33)32-20-9-12-24-40(32)51-41)48-45(47-43)50-37-23-11-8-19-31(37)35-26-34-30-18-7-10-22-36(30)49(38(34)27-39(35)50)29-16-5-2-6-17-29;1-3-13-28(14-4-1)43-46-44(29-23-24-42-36(25-29)33-19-9-12-22-41(33)51-42)48-45(47-43)50-38-21-11-8-18-32(38)35-26-34-31-17-7-10-20-37(31)49(39(34)27-40(35)50)30-15-5-2-6-16-30/h2*1-27H. The third-order valence-electron chi connectivity index (χ3n) is 20.0. The third-order valence-corrected chi connectivity index (χ3v) is 20.0. The predicted octanol–water partition coefficient (Wildman–Crippen LogP) is 22.6. The highest BCUT2D eigenvalue weighted by molar-refractivity contribution is 6.21. The van der Waals surface area contributed by atoms with Gasteiger partial charge in [-0.3, -0.25) is 9.13 Å². The summed E-state index contributed by atoms with van der Waals surface area (Å²) >= 11 is 0. The van der Waals surface area contributed by atoms with Crippen molar-refractivity contribution in [2.75, 3.05) is 0 Å². The highest BCUT2D eigenvalue weighted by atomic mass is 16.3. The SMILES string of the molecule is c1ccc(-c2nc(-c3ccc4oc5ccccc5c4c3)nc(-n3c4ccccc4c4cc5c6ccccc6n(-c6ccccc6)c5cc43)n2)cc1.c1ccc(-c2nc(-c3cccc4oc5ccccc5c34)nc(-n3c4ccccc4c4cc5c6ccccc6n(-c6ccccc6)c5cc43)n2)cc1. The summed E-state index contributed by atoms with van der Waals surface area (Å²) in [6.45, 7) is 0. The van der Waals surface area contributed by atoms with Gasteiger partial charge < -0.3 is 18.0 Å². The van der Waals surface area contributed by atoms with Crippen molar-refractivity contribution in [2.24, 2.45) is 0 Å². The van der Waals surface area contributed by atoms with E-state index in [0.29, 0.717) is 35.2 Å². The molecule has 8 heterocycles. The van der Waals surface area contributed by atoms with Crippen molar-refractivity contribution in [2.45, 2.75) is 0 Å². The Balaban J connectivity index is 0.000000133. The smallest absolute Gasteiger partial charge is 0.238 e. The number of fused-ring (bicyclic) bond motifs is 18. The molecule has 12 nitrogen and oxygen atoms in total. The molecule has 22 aromatic rings. The van der Waals surface area contributed by atoms with Gasteiger partial charge in [0.15, 0.2) is 23.3 Å². The Labute approximate surface area is 581 Å². The number of rotatable bonds is 8. The molecule has 0 N–H and O–H groups in total. The van der Waals surface area contributed by atoms with Gasteiger partial charge in [-0.1, -0.05) is 218 Å². The summed E-state index contributed by atoms with van der Waals surface area (Å²) in [7, 11) is 0. The Morgan fingerprint density at radius 1 is 0.196 bits per heavy atom. The molecule has 0 amide bonds. The Morgan fingerprint density at radius 2 is 0.549 bits per heavy atom. The van der Waals surface area contributed by atoms with Gasteiger partial charge in [0, 0.05) is 98.3 Å². The van der Waals surface area contributed by atoms with Gasteiger partial charge in [-0.2, -0.15) is 19.9 Å². The van der Waals surface area contributed by atoms with Gasteiger partial charge in [-0.05, 0) is 109 Å². The van der Waals surface area contributed by atoms with Gasteiger partial charge in [-0.15, -0.1) is 0 Å². The maximum absolute atomic E-state index is 6.28. The molecule has 8 aromatic heterocycles. The first kappa shape index (κ1) is 57.0. The molecule has 0 atom stereocenters. The van der Waals surface area contributed by atoms with Crippen LogP contribution in [0.3, 0.4) is 0 Å². The molecule has 0 saturated carbocycles. The van der Waals surface area contributed by atoms with Crippen molar-refractivity contribution in [3.05, 3.63) is 328 Å². The van der Waals surface area contributed by atoms with Gasteiger partial charge in [-0.25, -0.2) is 9.97 Å². The topological polar surface area (TPSA) is 123 Å². The van der Waals surface area contributed by atoms with Gasteiger partial charge in [0.05, 0.1) is 44.1 Å². The van der Waals surface area contributed by atoms with Crippen molar-refractivity contribution in [3.63, 3.8) is 0 Å². The average molecular weight is 1310 g/mol. The van der Waals surface area contributed by atoms with Gasteiger partial charge in [0.1, 0.15) is 22.3 Å². The van der Waals surface area contributed by atoms with Crippen LogP contribution in [-0.4, -0.2) is 48.2 Å². The van der Waals surface area contributed by atoms with Crippen molar-refractivity contribution in [1.29, 1.82) is 0 Å². The molecular formula is C90H54N10O2. The number of furan rings is 2. The van der Waals surface area contributed by atoms with E-state index < -0.39 is 0 Å². The quantitative estimate of drug-likeness (QED) is 0.147. The van der Waals surface area contributed by atoms with Crippen LogP contribution in [0.5, 0.6) is 0 Å². The van der Waals surface area contributed by atoms with Crippen LogP contribution in [0.25, 0.3) is 200 Å². The van der Waals surface area contributed by atoms with Crippen LogP contribution < -0.4 is 0 Å². The minimum atomic E-state index is 0.552. The summed E-state index contributed by atoms with van der Waals surface area (Å²) in [5.74, 6) is 3.50. The molecule has 0 aliphatic heterocycles. The van der Waals surface area contributed by atoms with Crippen molar-refractivity contribution < 1.29 is 8.83 Å². The Morgan fingerprint density at radius 3 is 1.05 bits per heavy atom. The molecule has 102 heavy (non-hydrogen) atoms. The van der Waals surface area contributed by atoms with Crippen molar-refractivity contribution in [1.82, 2.24) is 48.2 Å². The van der Waals surface area contributed by atoms with E-state index in [1.807, 2.05) is 121 Å². The van der Waals surface area contributed by atoms with E-state index in [2.05, 4.69) is 225 Å². The molecule has 12 heteroatoms. The van der Waals surface area contributed by atoms with Crippen LogP contribution in [0.15, 0.2) is 336 Å². The van der Waals surface area contributed by atoms with E-state index in [-0.39, 0.29) is 0 Å². The number of nitrogens with zero attached hydrogens (tertiary/aromatic N) is 10. The van der Waals surface area contributed by atoms with E-state index in [1.165, 1.54) is 21.5 Å². The largest absolute Gasteiger partial charge is 0.456 e. The number of aromatic nitrogens is 10. The summed E-state index contributed by atoms with van der Waals surface area (Å²) in [6.07, 6.45) is 0. The summed E-state index contributed by atoms with van der Waals surface area (Å²) in [5.41, 5.74) is 17.8. The first-order valence-electron chi connectivity index (χ1n) is 34.1. The van der Waals surface area contributed by atoms with Crippen LogP contribution in [0.2, 0.25) is 0 Å². The van der Waals surface area contributed by atoms with Gasteiger partial charge in [0.2, 0.25) is 11.9 Å². The zero-order valence-corrected chi connectivity index (χ0v) is 54.5. The molecule has 0 spiro atoms. The Hall–Kier alpha value is -14.1. The molecule has 0 bridgehead atoms. The number of benzene rings is 14. The monoisotopic (exact) mass is 1310 g/mol. The van der Waals surface area contributed by atoms with E-state index in [1.54, 1.807) is 0 Å². The van der Waals surface area contributed by atoms with Crippen molar-refractivity contribution >= 4 is 131 Å². The summed E-state index contributed by atoms with van der Waals surface area (Å²) in [5, 5.41) is 13.5. The highest BCUT2D eigenvalue weighted by Gasteiger charge is 2.25. The van der Waals surface area contributed by atoms with Gasteiger partial charge >= 0.3 is 0 Å². The molecule has 0 aliphatic carbocycles. The number of para-hydroxylation sites is 8. The summed E-state index contributed by atoms with van der Waals surface area (Å²) in [4.78, 5) is 31.2. The van der Waals surface area contributed by atoms with E-state index >= 15 is 0 Å². The van der Waals surface area contributed by atoms with E-state index in [0.717, 1.165) is 143 Å². The Kier molecular flexibility index (Phi) is 12.7. The van der Waals surface area contributed by atoms with Gasteiger partial charge in [0.25, 0.3) is 0 Å². The molecule has 0 fully saturated rings. The van der Waals surface area contributed by atoms with Crippen LogP contribution in [0.1, 0.15) is 0 Å². The second-order valence-electron chi connectivity index (χ2n) is 25.7. The minimum Gasteiger partial charge on any atom is -0.456 e. The normalized spacial score (nSPS) is 11.9. The lowest BCUT2D eigenvalue weighted by atomic mass is 10.1. The molecule has 14 aromatic carbocycles. The maximum atomic E-state index is 6.28. The average Bonchev–Trinajstić information content (AvgIpc) is 1.56. The van der Waals surface area contributed by atoms with Crippen LogP contribution in [0.4, 0.5) is 0 Å². The first-order chi connectivity index (χ1) is 50.6. The molecule has 22 rings (SSSR count). The second kappa shape index (κ2) is 22.7. The Bertz CT molecular complexity index is 7130. The number of hydrogen-bond donors (Lipinski definition) is 0. The predicted molar refractivity (Wildman–Crippen MR) is 413 cm³/mol. The van der Waals surface area contributed by atoms with E-state index in [4.69, 9.17) is 38.7 Å². The maximum Gasteiger partial charge on any atom is 0.238 e. The molecule has 0 aliphatic rings. The lowest BCUT2D eigenvalue weighted by Crippen LogP contribution is -2.06. The van der Waals surface area contributed by atoms with Crippen LogP contribution >= 0.6 is 0 Å². The fourth-order valence-electron chi connectivity index (χ4n) is 15.4. The van der Waals surface area contributed by atoms with Crippen molar-refractivity contribution in [3.8, 4) is 68.8 Å². The molecule has 0 unspecified atom stereocenters. The zero-order valence-electron chi connectivity index (χ0n) is 54.5. The molecule has 0 radical (unpaired) electrons. The van der Waals surface area contributed by atoms with Crippen LogP contribution in [0, 0.1) is 0 Å². The molecular weight excluding hydrogens is 1250 g/mol. The first-order valence-corrected chi connectivity index (χ1v) is 34.1. The third kappa shape index (κ3) is 8.96. The highest BCUT2D eigenvalue weighted by Crippen LogP contribution is 2.44. The fraction of sp³-hybridized carbons (Fsp3) is 0. The molecule has 476 valence electrons. The minimum absolute atomic E-state index is 0.552.